The minimum atomic E-state index is -0.960. The van der Waals surface area contributed by atoms with Crippen molar-refractivity contribution in [3.05, 3.63) is 53.9 Å². The van der Waals surface area contributed by atoms with Gasteiger partial charge in [-0.3, -0.25) is 4.68 Å². The van der Waals surface area contributed by atoms with Crippen LogP contribution in [0, 0.1) is 0 Å². The largest absolute Gasteiger partial charge is 0.480 e. The molecule has 0 aliphatic carbocycles. The molecule has 0 unspecified atom stereocenters. The molecule has 0 bridgehead atoms. The molecule has 1 aromatic carbocycles. The molecular weight excluding hydrogens is 322 g/mol. The number of benzene rings is 1. The summed E-state index contributed by atoms with van der Waals surface area (Å²) in [5, 5.41) is 16.2. The second-order valence-electron chi connectivity index (χ2n) is 6.73. The van der Waals surface area contributed by atoms with Crippen molar-refractivity contribution >= 4 is 12.1 Å². The number of hydrogen-bond acceptors (Lipinski definition) is 4. The highest BCUT2D eigenvalue weighted by Gasteiger charge is 2.21. The van der Waals surface area contributed by atoms with Crippen molar-refractivity contribution in [2.45, 2.75) is 45.4 Å². The highest BCUT2D eigenvalue weighted by Crippen LogP contribution is 2.15. The summed E-state index contributed by atoms with van der Waals surface area (Å²) in [6, 6.07) is 8.57. The molecule has 7 heteroatoms. The molecule has 2 aromatic rings. The number of aromatic nitrogens is 2. The quantitative estimate of drug-likeness (QED) is 0.840. The number of nitrogens with one attached hydrogen (secondary N) is 1. The van der Waals surface area contributed by atoms with Gasteiger partial charge in [0.15, 0.2) is 6.04 Å². The van der Waals surface area contributed by atoms with E-state index in [9.17, 15) is 14.7 Å². The lowest BCUT2D eigenvalue weighted by atomic mass is 10.1. The molecule has 1 aromatic heterocycles. The number of aliphatic carboxylic acids is 1. The maximum absolute atomic E-state index is 11.7. The first-order valence-electron chi connectivity index (χ1n) is 8.01. The van der Waals surface area contributed by atoms with Crippen LogP contribution >= 0.6 is 0 Å². The summed E-state index contributed by atoms with van der Waals surface area (Å²) in [4.78, 5) is 23.3. The Hall–Kier alpha value is -2.83. The Morgan fingerprint density at radius 1 is 1.24 bits per heavy atom. The number of hydrogen-bond donors (Lipinski definition) is 2. The molecule has 25 heavy (non-hydrogen) atoms. The standard InChI is InChI=1S/C18H23N3O4/c1-18(2,3)25-17(24)19-10-14-11-20-21(12-14)15(16(22)23)9-13-7-5-4-6-8-13/h4-8,11-12,15H,9-10H2,1-3H3,(H,19,24)(H,22,23)/t15-/m0/s1. The van der Waals surface area contributed by atoms with E-state index in [4.69, 9.17) is 4.74 Å². The summed E-state index contributed by atoms with van der Waals surface area (Å²) < 4.78 is 6.56. The van der Waals surface area contributed by atoms with Crippen molar-refractivity contribution in [2.75, 3.05) is 0 Å². The Morgan fingerprint density at radius 3 is 2.52 bits per heavy atom. The fourth-order valence-electron chi connectivity index (χ4n) is 2.26. The predicted molar refractivity (Wildman–Crippen MR) is 92.1 cm³/mol. The minimum absolute atomic E-state index is 0.215. The number of carboxylic acids is 1. The SMILES string of the molecule is CC(C)(C)OC(=O)NCc1cnn([C@@H](Cc2ccccc2)C(=O)O)c1. The van der Waals surface area contributed by atoms with Crippen LogP contribution in [0.25, 0.3) is 0 Å². The molecular formula is C18H23N3O4. The zero-order valence-electron chi connectivity index (χ0n) is 14.6. The van der Waals surface area contributed by atoms with Crippen LogP contribution in [0.15, 0.2) is 42.7 Å². The second-order valence-corrected chi connectivity index (χ2v) is 6.73. The van der Waals surface area contributed by atoms with Crippen molar-refractivity contribution in [2.24, 2.45) is 0 Å². The van der Waals surface area contributed by atoms with Crippen LogP contribution in [0.3, 0.4) is 0 Å². The van der Waals surface area contributed by atoms with Crippen LogP contribution in [0.1, 0.15) is 37.9 Å². The average Bonchev–Trinajstić information content (AvgIpc) is 2.98. The zero-order valence-corrected chi connectivity index (χ0v) is 14.6. The summed E-state index contributed by atoms with van der Waals surface area (Å²) in [7, 11) is 0. The Morgan fingerprint density at radius 2 is 1.92 bits per heavy atom. The molecule has 0 saturated carbocycles. The molecule has 1 amide bonds. The van der Waals surface area contributed by atoms with E-state index in [0.717, 1.165) is 5.56 Å². The van der Waals surface area contributed by atoms with Crippen LogP contribution in [-0.2, 0) is 22.5 Å². The first-order valence-corrected chi connectivity index (χ1v) is 8.01. The van der Waals surface area contributed by atoms with Crippen molar-refractivity contribution in [1.82, 2.24) is 15.1 Å². The fraction of sp³-hybridized carbons (Fsp3) is 0.389. The van der Waals surface area contributed by atoms with Crippen molar-refractivity contribution in [3.63, 3.8) is 0 Å². The number of nitrogens with zero attached hydrogens (tertiary/aromatic N) is 2. The number of ether oxygens (including phenoxy) is 1. The summed E-state index contributed by atoms with van der Waals surface area (Å²) in [6.07, 6.45) is 2.97. The molecule has 1 heterocycles. The lowest BCUT2D eigenvalue weighted by Crippen LogP contribution is -2.32. The third-order valence-corrected chi connectivity index (χ3v) is 3.37. The lowest BCUT2D eigenvalue weighted by Gasteiger charge is -2.19. The number of amides is 1. The maximum Gasteiger partial charge on any atom is 0.407 e. The molecule has 1 atom stereocenters. The molecule has 7 nitrogen and oxygen atoms in total. The van der Waals surface area contributed by atoms with Crippen LogP contribution in [0.4, 0.5) is 4.79 Å². The van der Waals surface area contributed by atoms with E-state index in [1.807, 2.05) is 30.3 Å². The fourth-order valence-corrected chi connectivity index (χ4v) is 2.26. The van der Waals surface area contributed by atoms with E-state index in [-0.39, 0.29) is 6.54 Å². The summed E-state index contributed by atoms with van der Waals surface area (Å²) in [5.74, 6) is -0.960. The molecule has 0 fully saturated rings. The van der Waals surface area contributed by atoms with Gasteiger partial charge in [0, 0.05) is 24.7 Å². The molecule has 0 aliphatic heterocycles. The van der Waals surface area contributed by atoms with E-state index in [0.29, 0.717) is 12.0 Å². The third-order valence-electron chi connectivity index (χ3n) is 3.37. The van der Waals surface area contributed by atoms with Crippen molar-refractivity contribution in [1.29, 1.82) is 0 Å². The van der Waals surface area contributed by atoms with E-state index >= 15 is 0 Å². The number of rotatable bonds is 6. The van der Waals surface area contributed by atoms with Gasteiger partial charge < -0.3 is 15.2 Å². The highest BCUT2D eigenvalue weighted by atomic mass is 16.6. The maximum atomic E-state index is 11.7. The summed E-state index contributed by atoms with van der Waals surface area (Å²) in [6.45, 7) is 5.57. The Labute approximate surface area is 146 Å². The zero-order chi connectivity index (χ0) is 18.4. The monoisotopic (exact) mass is 345 g/mol. The first-order chi connectivity index (χ1) is 11.7. The summed E-state index contributed by atoms with van der Waals surface area (Å²) >= 11 is 0. The molecule has 0 saturated heterocycles. The Kier molecular flexibility index (Phi) is 5.80. The topological polar surface area (TPSA) is 93.5 Å². The smallest absolute Gasteiger partial charge is 0.407 e. The van der Waals surface area contributed by atoms with Gasteiger partial charge in [-0.15, -0.1) is 0 Å². The number of carbonyl (C=O) groups is 2. The molecule has 0 aliphatic rings. The van der Waals surface area contributed by atoms with Gasteiger partial charge in [-0.2, -0.15) is 5.10 Å². The van der Waals surface area contributed by atoms with Gasteiger partial charge in [-0.05, 0) is 26.3 Å². The van der Waals surface area contributed by atoms with E-state index < -0.39 is 23.7 Å². The third kappa shape index (κ3) is 5.95. The number of carboxylic acid groups (broad SMARTS) is 1. The van der Waals surface area contributed by atoms with Gasteiger partial charge in [0.25, 0.3) is 0 Å². The lowest BCUT2D eigenvalue weighted by molar-refractivity contribution is -0.141. The van der Waals surface area contributed by atoms with Crippen molar-refractivity contribution < 1.29 is 19.4 Å². The Balaban J connectivity index is 2.00. The normalized spacial score (nSPS) is 12.4. The number of carbonyl (C=O) groups excluding carboxylic acids is 1. The minimum Gasteiger partial charge on any atom is -0.480 e. The van der Waals surface area contributed by atoms with E-state index in [1.54, 1.807) is 27.0 Å². The molecule has 0 spiro atoms. The Bertz CT molecular complexity index is 719. The second kappa shape index (κ2) is 7.83. The van der Waals surface area contributed by atoms with Gasteiger partial charge >= 0.3 is 12.1 Å². The van der Waals surface area contributed by atoms with E-state index in [1.165, 1.54) is 10.9 Å². The van der Waals surface area contributed by atoms with E-state index in [2.05, 4.69) is 10.4 Å². The average molecular weight is 345 g/mol. The van der Waals surface area contributed by atoms with Crippen LogP contribution in [0.2, 0.25) is 0 Å². The highest BCUT2D eigenvalue weighted by molar-refractivity contribution is 5.72. The number of alkyl carbamates (subject to hydrolysis) is 1. The van der Waals surface area contributed by atoms with Gasteiger partial charge in [0.05, 0.1) is 6.20 Å². The summed E-state index contributed by atoms with van der Waals surface area (Å²) in [5.41, 5.74) is 1.04. The first kappa shape index (κ1) is 18.5. The van der Waals surface area contributed by atoms with Crippen LogP contribution in [-0.4, -0.2) is 32.6 Å². The molecule has 2 N–H and O–H groups in total. The van der Waals surface area contributed by atoms with Gasteiger partial charge in [0.1, 0.15) is 5.60 Å². The van der Waals surface area contributed by atoms with Crippen molar-refractivity contribution in [3.8, 4) is 0 Å². The molecule has 0 radical (unpaired) electrons. The molecule has 134 valence electrons. The van der Waals surface area contributed by atoms with Gasteiger partial charge in [-0.25, -0.2) is 9.59 Å². The molecule has 2 rings (SSSR count). The van der Waals surface area contributed by atoms with Gasteiger partial charge in [-0.1, -0.05) is 30.3 Å². The van der Waals surface area contributed by atoms with Crippen LogP contribution in [0.5, 0.6) is 0 Å². The van der Waals surface area contributed by atoms with Gasteiger partial charge in [0.2, 0.25) is 0 Å². The predicted octanol–water partition coefficient (Wildman–Crippen LogP) is 2.78. The van der Waals surface area contributed by atoms with Crippen LogP contribution < -0.4 is 5.32 Å².